The lowest BCUT2D eigenvalue weighted by molar-refractivity contribution is -0.149. The van der Waals surface area contributed by atoms with Crippen LogP contribution >= 0.6 is 0 Å². The number of nitrogens with zero attached hydrogens (tertiary/aromatic N) is 3. The number of ether oxygens (including phenoxy) is 2. The maximum Gasteiger partial charge on any atom is 0.340 e. The van der Waals surface area contributed by atoms with E-state index < -0.39 is 25.0 Å². The van der Waals surface area contributed by atoms with E-state index >= 15 is 0 Å². The van der Waals surface area contributed by atoms with Crippen molar-refractivity contribution in [1.29, 1.82) is 0 Å². The van der Waals surface area contributed by atoms with Crippen LogP contribution in [-0.4, -0.2) is 48.1 Å². The molecule has 6 nitrogen and oxygen atoms in total. The van der Waals surface area contributed by atoms with Crippen LogP contribution in [0.2, 0.25) is 0 Å². The number of rotatable bonds is 6. The third kappa shape index (κ3) is 3.57. The molecule has 0 fully saturated rings. The van der Waals surface area contributed by atoms with Gasteiger partial charge in [0.1, 0.15) is 0 Å². The monoisotopic (exact) mass is 270 g/mol. The van der Waals surface area contributed by atoms with Crippen LogP contribution in [0, 0.1) is 0 Å². The highest BCUT2D eigenvalue weighted by atomic mass is 19.3. The second kappa shape index (κ2) is 5.65. The van der Waals surface area contributed by atoms with E-state index in [2.05, 4.69) is 29.7 Å². The molecule has 0 saturated heterocycles. The van der Waals surface area contributed by atoms with Crippen molar-refractivity contribution in [2.24, 2.45) is 0 Å². The Bertz CT molecular complexity index is 382. The van der Waals surface area contributed by atoms with E-state index in [1.165, 1.54) is 14.2 Å². The Balaban J connectivity index is 2.78. The lowest BCUT2D eigenvalue weighted by Crippen LogP contribution is -2.34. The Hall–Kier alpha value is -1.87. The van der Waals surface area contributed by atoms with Gasteiger partial charge in [-0.05, 0) is 0 Å². The first-order chi connectivity index (χ1) is 8.39. The average Bonchev–Trinajstić information content (AvgIpc) is 2.35. The molecular formula is C8H10F4N4O2. The van der Waals surface area contributed by atoms with Gasteiger partial charge in [-0.1, -0.05) is 0 Å². The Morgan fingerprint density at radius 3 is 2.33 bits per heavy atom. The second-order valence-corrected chi connectivity index (χ2v) is 3.03. The highest BCUT2D eigenvalue weighted by Crippen LogP contribution is 2.23. The van der Waals surface area contributed by atoms with Crippen molar-refractivity contribution in [3.63, 3.8) is 0 Å². The fourth-order valence-electron chi connectivity index (χ4n) is 0.829. The van der Waals surface area contributed by atoms with E-state index in [1.807, 2.05) is 0 Å². The minimum atomic E-state index is -4.28. The summed E-state index contributed by atoms with van der Waals surface area (Å²) < 4.78 is 58.0. The minimum absolute atomic E-state index is 0.00258. The number of methoxy groups -OCH3 is 1. The summed E-state index contributed by atoms with van der Waals surface area (Å²) in [7, 11) is 2.71. The van der Waals surface area contributed by atoms with Crippen molar-refractivity contribution < 1.29 is 27.0 Å². The molecule has 0 amide bonds. The largest absolute Gasteiger partial charge is 0.467 e. The van der Waals surface area contributed by atoms with Crippen molar-refractivity contribution in [2.45, 2.75) is 12.3 Å². The molecule has 0 radical (unpaired) electrons. The van der Waals surface area contributed by atoms with Gasteiger partial charge >= 0.3 is 24.4 Å². The van der Waals surface area contributed by atoms with Crippen molar-refractivity contribution >= 4 is 5.95 Å². The molecule has 18 heavy (non-hydrogen) atoms. The first-order valence-electron chi connectivity index (χ1n) is 4.65. The Kier molecular flexibility index (Phi) is 4.45. The van der Waals surface area contributed by atoms with Crippen molar-refractivity contribution in [3.05, 3.63) is 0 Å². The molecular weight excluding hydrogens is 260 g/mol. The summed E-state index contributed by atoms with van der Waals surface area (Å²) in [4.78, 5) is 10.7. The van der Waals surface area contributed by atoms with E-state index in [1.54, 1.807) is 0 Å². The zero-order valence-electron chi connectivity index (χ0n) is 9.45. The van der Waals surface area contributed by atoms with Crippen LogP contribution in [0.1, 0.15) is 0 Å². The molecule has 1 rings (SSSR count). The predicted octanol–water partition coefficient (Wildman–Crippen LogP) is 1.20. The van der Waals surface area contributed by atoms with Crippen LogP contribution in [0.3, 0.4) is 0 Å². The molecule has 0 atom stereocenters. The number of hydrogen-bond donors (Lipinski definition) is 1. The molecule has 0 bridgehead atoms. The lowest BCUT2D eigenvalue weighted by atomic mass is 10.4. The van der Waals surface area contributed by atoms with Crippen molar-refractivity contribution in [2.75, 3.05) is 26.1 Å². The molecule has 1 N–H and O–H groups in total. The van der Waals surface area contributed by atoms with Gasteiger partial charge < -0.3 is 14.8 Å². The highest BCUT2D eigenvalue weighted by Gasteiger charge is 2.42. The van der Waals surface area contributed by atoms with Crippen molar-refractivity contribution in [3.8, 4) is 12.0 Å². The van der Waals surface area contributed by atoms with Gasteiger partial charge in [0.05, 0.1) is 7.11 Å². The molecule has 102 valence electrons. The SMILES string of the molecule is CNc1nc(OC)nc(OCC(F)(F)C(F)F)n1. The Morgan fingerprint density at radius 2 is 1.83 bits per heavy atom. The van der Waals surface area contributed by atoms with Gasteiger partial charge in [0, 0.05) is 7.05 Å². The number of alkyl halides is 4. The molecule has 0 aromatic carbocycles. The van der Waals surface area contributed by atoms with Gasteiger partial charge in [0.25, 0.3) is 0 Å². The quantitative estimate of drug-likeness (QED) is 0.783. The van der Waals surface area contributed by atoms with Crippen LogP contribution in [0.4, 0.5) is 23.5 Å². The van der Waals surface area contributed by atoms with E-state index in [-0.39, 0.29) is 12.0 Å². The zero-order valence-corrected chi connectivity index (χ0v) is 9.45. The number of nitrogens with one attached hydrogen (secondary N) is 1. The molecule has 0 aliphatic carbocycles. The molecule has 1 aromatic rings. The molecule has 0 saturated carbocycles. The standard InChI is InChI=1S/C8H10F4N4O2/c1-13-5-14-6(17-2)16-7(15-5)18-3-8(11,12)4(9)10/h4H,3H2,1-2H3,(H,13,14,15,16). The Morgan fingerprint density at radius 1 is 1.22 bits per heavy atom. The number of aromatic nitrogens is 3. The van der Waals surface area contributed by atoms with Gasteiger partial charge in [-0.2, -0.15) is 18.7 Å². The summed E-state index contributed by atoms with van der Waals surface area (Å²) in [6.45, 7) is -1.54. The van der Waals surface area contributed by atoms with Crippen LogP contribution < -0.4 is 14.8 Å². The molecule has 0 aliphatic heterocycles. The normalized spacial score (nSPS) is 11.5. The highest BCUT2D eigenvalue weighted by molar-refractivity contribution is 5.26. The second-order valence-electron chi connectivity index (χ2n) is 3.03. The first kappa shape index (κ1) is 14.2. The number of hydrogen-bond acceptors (Lipinski definition) is 6. The third-order valence-electron chi connectivity index (χ3n) is 1.71. The fraction of sp³-hybridized carbons (Fsp3) is 0.625. The first-order valence-corrected chi connectivity index (χ1v) is 4.65. The number of anilines is 1. The van der Waals surface area contributed by atoms with Crippen LogP contribution in [-0.2, 0) is 0 Å². The fourth-order valence-corrected chi connectivity index (χ4v) is 0.829. The molecule has 0 spiro atoms. The smallest absolute Gasteiger partial charge is 0.340 e. The summed E-state index contributed by atoms with van der Waals surface area (Å²) in [5.41, 5.74) is 0. The van der Waals surface area contributed by atoms with Gasteiger partial charge in [0.15, 0.2) is 6.61 Å². The minimum Gasteiger partial charge on any atom is -0.467 e. The van der Waals surface area contributed by atoms with E-state index in [0.29, 0.717) is 0 Å². The zero-order chi connectivity index (χ0) is 13.8. The number of halogens is 4. The summed E-state index contributed by atoms with van der Waals surface area (Å²) in [5.74, 6) is -4.28. The average molecular weight is 270 g/mol. The molecule has 1 heterocycles. The molecule has 0 aliphatic rings. The van der Waals surface area contributed by atoms with E-state index in [4.69, 9.17) is 0 Å². The molecule has 10 heteroatoms. The van der Waals surface area contributed by atoms with Crippen LogP contribution in [0.25, 0.3) is 0 Å². The Labute approximate surface area is 99.4 Å². The lowest BCUT2D eigenvalue weighted by Gasteiger charge is -2.15. The third-order valence-corrected chi connectivity index (χ3v) is 1.71. The maximum absolute atomic E-state index is 12.6. The van der Waals surface area contributed by atoms with Gasteiger partial charge in [-0.25, -0.2) is 8.78 Å². The molecule has 1 aromatic heterocycles. The van der Waals surface area contributed by atoms with E-state index in [0.717, 1.165) is 0 Å². The summed E-state index contributed by atoms with van der Waals surface area (Å²) in [6.07, 6.45) is -3.83. The maximum atomic E-state index is 12.6. The van der Waals surface area contributed by atoms with E-state index in [9.17, 15) is 17.6 Å². The van der Waals surface area contributed by atoms with Gasteiger partial charge in [0.2, 0.25) is 5.95 Å². The van der Waals surface area contributed by atoms with Crippen LogP contribution in [0.15, 0.2) is 0 Å². The summed E-state index contributed by atoms with van der Waals surface area (Å²) in [6, 6.07) is -0.726. The van der Waals surface area contributed by atoms with Crippen molar-refractivity contribution in [1.82, 2.24) is 15.0 Å². The van der Waals surface area contributed by atoms with Gasteiger partial charge in [-0.3, -0.25) is 0 Å². The summed E-state index contributed by atoms with van der Waals surface area (Å²) >= 11 is 0. The predicted molar refractivity (Wildman–Crippen MR) is 52.4 cm³/mol. The molecule has 0 unspecified atom stereocenters. The van der Waals surface area contributed by atoms with Crippen LogP contribution in [0.5, 0.6) is 12.0 Å². The topological polar surface area (TPSA) is 69.2 Å². The summed E-state index contributed by atoms with van der Waals surface area (Å²) in [5, 5.41) is 2.50. The van der Waals surface area contributed by atoms with Gasteiger partial charge in [-0.15, -0.1) is 4.98 Å².